The van der Waals surface area contributed by atoms with Gasteiger partial charge in [-0.15, -0.1) is 0 Å². The molecule has 0 atom stereocenters. The van der Waals surface area contributed by atoms with Crippen LogP contribution in [0, 0.1) is 20.8 Å². The van der Waals surface area contributed by atoms with Crippen LogP contribution in [-0.2, 0) is 21.2 Å². The minimum Gasteiger partial charge on any atom is -0.343 e. The van der Waals surface area contributed by atoms with Crippen molar-refractivity contribution in [3.8, 4) is 0 Å². The number of nitrogens with zero attached hydrogens (tertiary/aromatic N) is 1. The van der Waals surface area contributed by atoms with E-state index in [-0.39, 0.29) is 11.9 Å². The molecular formula is C23H30N2O3S. The Bertz CT molecular complexity index is 960. The van der Waals surface area contributed by atoms with Gasteiger partial charge in [0.25, 0.3) is 0 Å². The molecule has 3 rings (SSSR count). The van der Waals surface area contributed by atoms with E-state index in [0.29, 0.717) is 37.2 Å². The number of piperidine rings is 1. The average Bonchev–Trinajstić information content (AvgIpc) is 2.67. The summed E-state index contributed by atoms with van der Waals surface area (Å²) in [5, 5.41) is 0. The van der Waals surface area contributed by atoms with Crippen LogP contribution in [0.25, 0.3) is 0 Å². The van der Waals surface area contributed by atoms with Crippen molar-refractivity contribution in [3.05, 3.63) is 64.7 Å². The first-order valence-electron chi connectivity index (χ1n) is 10.2. The van der Waals surface area contributed by atoms with E-state index in [0.717, 1.165) is 17.5 Å². The molecule has 2 aromatic rings. The summed E-state index contributed by atoms with van der Waals surface area (Å²) in [5.74, 6) is 0.140. The van der Waals surface area contributed by atoms with Crippen molar-refractivity contribution in [2.75, 3.05) is 13.1 Å². The predicted octanol–water partition coefficient (Wildman–Crippen LogP) is 3.51. The van der Waals surface area contributed by atoms with Crippen LogP contribution in [0.2, 0.25) is 0 Å². The third-order valence-corrected chi connectivity index (χ3v) is 7.22. The van der Waals surface area contributed by atoms with Crippen LogP contribution < -0.4 is 4.72 Å². The van der Waals surface area contributed by atoms with Crippen molar-refractivity contribution in [2.45, 2.75) is 57.4 Å². The molecule has 1 N–H and O–H groups in total. The third-order valence-electron chi connectivity index (χ3n) is 5.54. The van der Waals surface area contributed by atoms with Gasteiger partial charge < -0.3 is 4.90 Å². The van der Waals surface area contributed by atoms with Crippen LogP contribution in [0.15, 0.2) is 47.4 Å². The second-order valence-corrected chi connectivity index (χ2v) is 9.71. The molecular weight excluding hydrogens is 384 g/mol. The summed E-state index contributed by atoms with van der Waals surface area (Å²) in [6.07, 6.45) is 2.50. The Labute approximate surface area is 174 Å². The first-order chi connectivity index (χ1) is 13.7. The maximum absolute atomic E-state index is 12.7. The van der Waals surface area contributed by atoms with E-state index in [9.17, 15) is 13.2 Å². The number of rotatable bonds is 6. The Morgan fingerprint density at radius 3 is 2.24 bits per heavy atom. The molecule has 6 heteroatoms. The third kappa shape index (κ3) is 5.67. The molecule has 1 amide bonds. The fraction of sp³-hybridized carbons (Fsp3) is 0.435. The summed E-state index contributed by atoms with van der Waals surface area (Å²) in [6.45, 7) is 6.99. The Morgan fingerprint density at radius 2 is 1.62 bits per heavy atom. The van der Waals surface area contributed by atoms with Crippen LogP contribution >= 0.6 is 0 Å². The SMILES string of the molecule is Cc1ccc(CCC(=O)N2CCC(NS(=O)(=O)c3ccc(C)cc3C)CC2)cc1. The molecule has 0 saturated carbocycles. The van der Waals surface area contributed by atoms with Gasteiger partial charge in [0.05, 0.1) is 4.90 Å². The minimum absolute atomic E-state index is 0.137. The lowest BCUT2D eigenvalue weighted by Crippen LogP contribution is -2.46. The zero-order valence-electron chi connectivity index (χ0n) is 17.4. The molecule has 0 radical (unpaired) electrons. The van der Waals surface area contributed by atoms with Gasteiger partial charge in [0.1, 0.15) is 0 Å². The molecule has 0 spiro atoms. The molecule has 0 unspecified atom stereocenters. The molecule has 1 heterocycles. The number of aryl methyl sites for hydroxylation is 4. The summed E-state index contributed by atoms with van der Waals surface area (Å²) in [6, 6.07) is 13.5. The monoisotopic (exact) mass is 414 g/mol. The fourth-order valence-electron chi connectivity index (χ4n) is 3.79. The number of amides is 1. The molecule has 1 saturated heterocycles. The maximum Gasteiger partial charge on any atom is 0.241 e. The van der Waals surface area contributed by atoms with Crippen molar-refractivity contribution in [2.24, 2.45) is 0 Å². The Balaban J connectivity index is 1.50. The zero-order valence-corrected chi connectivity index (χ0v) is 18.3. The van der Waals surface area contributed by atoms with Crippen molar-refractivity contribution in [1.82, 2.24) is 9.62 Å². The van der Waals surface area contributed by atoms with Gasteiger partial charge in [0.15, 0.2) is 0 Å². The number of likely N-dealkylation sites (tertiary alicyclic amines) is 1. The van der Waals surface area contributed by atoms with Gasteiger partial charge in [-0.25, -0.2) is 13.1 Å². The van der Waals surface area contributed by atoms with Gasteiger partial charge in [0, 0.05) is 25.6 Å². The van der Waals surface area contributed by atoms with Gasteiger partial charge in [-0.2, -0.15) is 0 Å². The van der Waals surface area contributed by atoms with E-state index in [1.165, 1.54) is 11.1 Å². The first-order valence-corrected chi connectivity index (χ1v) is 11.7. The van der Waals surface area contributed by atoms with Crippen molar-refractivity contribution < 1.29 is 13.2 Å². The molecule has 29 heavy (non-hydrogen) atoms. The number of hydrogen-bond acceptors (Lipinski definition) is 3. The molecule has 0 aromatic heterocycles. The van der Waals surface area contributed by atoms with E-state index in [4.69, 9.17) is 0 Å². The van der Waals surface area contributed by atoms with E-state index in [2.05, 4.69) is 29.0 Å². The van der Waals surface area contributed by atoms with E-state index in [1.807, 2.05) is 37.8 Å². The van der Waals surface area contributed by atoms with E-state index in [1.54, 1.807) is 6.07 Å². The topological polar surface area (TPSA) is 66.5 Å². The fourth-order valence-corrected chi connectivity index (χ4v) is 5.33. The molecule has 1 fully saturated rings. The van der Waals surface area contributed by atoms with Crippen LogP contribution in [0.1, 0.15) is 41.5 Å². The lowest BCUT2D eigenvalue weighted by atomic mass is 10.0. The number of nitrogens with one attached hydrogen (secondary N) is 1. The van der Waals surface area contributed by atoms with Crippen LogP contribution in [0.5, 0.6) is 0 Å². The van der Waals surface area contributed by atoms with Crippen molar-refractivity contribution in [1.29, 1.82) is 0 Å². The smallest absolute Gasteiger partial charge is 0.241 e. The Kier molecular flexibility index (Phi) is 6.75. The minimum atomic E-state index is -3.55. The Morgan fingerprint density at radius 1 is 1.00 bits per heavy atom. The summed E-state index contributed by atoms with van der Waals surface area (Å²) in [5.41, 5.74) is 4.17. The van der Waals surface area contributed by atoms with Gasteiger partial charge in [0.2, 0.25) is 15.9 Å². The molecule has 0 aliphatic carbocycles. The number of carbonyl (C=O) groups excluding carboxylic acids is 1. The van der Waals surface area contributed by atoms with Crippen molar-refractivity contribution >= 4 is 15.9 Å². The number of benzene rings is 2. The molecule has 156 valence electrons. The summed E-state index contributed by atoms with van der Waals surface area (Å²) < 4.78 is 28.3. The molecule has 0 bridgehead atoms. The standard InChI is InChI=1S/C23H30N2O3S/c1-17-4-7-20(8-5-17)9-11-23(26)25-14-12-21(13-15-25)24-29(27,28)22-10-6-18(2)16-19(22)3/h4-8,10,16,21,24H,9,11-15H2,1-3H3. The normalized spacial score (nSPS) is 15.5. The molecule has 1 aliphatic heterocycles. The van der Waals surface area contributed by atoms with Gasteiger partial charge >= 0.3 is 0 Å². The van der Waals surface area contributed by atoms with Crippen LogP contribution in [0.4, 0.5) is 0 Å². The lowest BCUT2D eigenvalue weighted by Gasteiger charge is -2.32. The number of carbonyl (C=O) groups is 1. The highest BCUT2D eigenvalue weighted by Crippen LogP contribution is 2.19. The van der Waals surface area contributed by atoms with Crippen molar-refractivity contribution in [3.63, 3.8) is 0 Å². The van der Waals surface area contributed by atoms with Gasteiger partial charge in [-0.1, -0.05) is 47.5 Å². The largest absolute Gasteiger partial charge is 0.343 e. The van der Waals surface area contributed by atoms with Crippen LogP contribution in [0.3, 0.4) is 0 Å². The highest BCUT2D eigenvalue weighted by molar-refractivity contribution is 7.89. The maximum atomic E-state index is 12.7. The predicted molar refractivity (Wildman–Crippen MR) is 115 cm³/mol. The quantitative estimate of drug-likeness (QED) is 0.787. The lowest BCUT2D eigenvalue weighted by molar-refractivity contribution is -0.132. The average molecular weight is 415 g/mol. The summed E-state index contributed by atoms with van der Waals surface area (Å²) in [7, 11) is -3.55. The van der Waals surface area contributed by atoms with Gasteiger partial charge in [-0.05, 0) is 57.2 Å². The summed E-state index contributed by atoms with van der Waals surface area (Å²) in [4.78, 5) is 14.7. The zero-order chi connectivity index (χ0) is 21.0. The second-order valence-electron chi connectivity index (χ2n) is 8.03. The first kappa shape index (κ1) is 21.5. The summed E-state index contributed by atoms with van der Waals surface area (Å²) >= 11 is 0. The number of hydrogen-bond donors (Lipinski definition) is 1. The highest BCUT2D eigenvalue weighted by atomic mass is 32.2. The van der Waals surface area contributed by atoms with Gasteiger partial charge in [-0.3, -0.25) is 4.79 Å². The molecule has 1 aliphatic rings. The Hall–Kier alpha value is -2.18. The van der Waals surface area contributed by atoms with E-state index >= 15 is 0 Å². The molecule has 5 nitrogen and oxygen atoms in total. The molecule has 2 aromatic carbocycles. The van der Waals surface area contributed by atoms with E-state index < -0.39 is 10.0 Å². The number of sulfonamides is 1. The van der Waals surface area contributed by atoms with Crippen LogP contribution in [-0.4, -0.2) is 38.4 Å². The second kappa shape index (κ2) is 9.09. The highest BCUT2D eigenvalue weighted by Gasteiger charge is 2.27.